The summed E-state index contributed by atoms with van der Waals surface area (Å²) in [5.74, 6) is 0.920. The molecule has 0 heterocycles. The molecule has 0 radical (unpaired) electrons. The molecular weight excluding hydrogens is 382 g/mol. The molecule has 0 aromatic heterocycles. The van der Waals surface area contributed by atoms with E-state index in [4.69, 9.17) is 5.41 Å². The van der Waals surface area contributed by atoms with Gasteiger partial charge >= 0.3 is 0 Å². The van der Waals surface area contributed by atoms with E-state index in [2.05, 4.69) is 35.1 Å². The maximum absolute atomic E-state index is 10.2. The van der Waals surface area contributed by atoms with Gasteiger partial charge in [0, 0.05) is 23.2 Å². The van der Waals surface area contributed by atoms with Gasteiger partial charge in [-0.05, 0) is 36.6 Å². The zero-order valence-corrected chi connectivity index (χ0v) is 17.9. The lowest BCUT2D eigenvalue weighted by Crippen LogP contribution is -2.27. The molecule has 0 unspecified atom stereocenters. The summed E-state index contributed by atoms with van der Waals surface area (Å²) in [6.45, 7) is 8.06. The van der Waals surface area contributed by atoms with Gasteiger partial charge in [0.25, 0.3) is 0 Å². The average molecular weight is 410 g/mol. The number of hydrogen-bond acceptors (Lipinski definition) is 2. The molecule has 0 saturated carbocycles. The molecule has 0 aliphatic carbocycles. The van der Waals surface area contributed by atoms with Crippen LogP contribution in [0, 0.1) is 12.3 Å². The van der Waals surface area contributed by atoms with Gasteiger partial charge in [-0.1, -0.05) is 85.5 Å². The van der Waals surface area contributed by atoms with E-state index in [0.717, 1.165) is 27.8 Å². The quantitative estimate of drug-likeness (QED) is 0.265. The van der Waals surface area contributed by atoms with Gasteiger partial charge in [0.2, 0.25) is 0 Å². The van der Waals surface area contributed by atoms with Gasteiger partial charge in [-0.15, -0.1) is 0 Å². The predicted molar refractivity (Wildman–Crippen MR) is 130 cm³/mol. The minimum atomic E-state index is 0.125. The summed E-state index contributed by atoms with van der Waals surface area (Å²) in [4.78, 5) is 4.65. The van der Waals surface area contributed by atoms with Crippen LogP contribution < -0.4 is 5.32 Å². The van der Waals surface area contributed by atoms with Crippen LogP contribution in [-0.2, 0) is 6.54 Å². The summed E-state index contributed by atoms with van der Waals surface area (Å²) in [5.41, 5.74) is 5.47. The number of benzene rings is 3. The molecule has 0 atom stereocenters. The van der Waals surface area contributed by atoms with Crippen molar-refractivity contribution in [3.05, 3.63) is 114 Å². The number of aliphatic imine (C=N–C) groups is 1. The highest BCUT2D eigenvalue weighted by Crippen LogP contribution is 2.27. The monoisotopic (exact) mass is 409 g/mol. The standard InChI is InChI=1S/C27H27N3O/c1-4-20(5-2)26(28)30-27(29-18-22-15-9-10-17-24(22)31)25-19(3)12-11-16-23(25)21-13-7-6-8-14-21/h4-17,31H,1,18H2,2-3H3,(H2,28,29,30)/b20-5+. The van der Waals surface area contributed by atoms with Gasteiger partial charge in [-0.3, -0.25) is 5.41 Å². The Bertz CT molecular complexity index is 1140. The Morgan fingerprint density at radius 2 is 1.74 bits per heavy atom. The second-order valence-electron chi connectivity index (χ2n) is 7.10. The Balaban J connectivity index is 2.12. The molecule has 31 heavy (non-hydrogen) atoms. The number of allylic oxidation sites excluding steroid dienone is 1. The van der Waals surface area contributed by atoms with E-state index in [-0.39, 0.29) is 11.6 Å². The highest BCUT2D eigenvalue weighted by atomic mass is 16.3. The number of phenolic OH excluding ortho intramolecular Hbond substituents is 1. The molecule has 3 aromatic rings. The van der Waals surface area contributed by atoms with Crippen molar-refractivity contribution in [1.82, 2.24) is 5.32 Å². The molecule has 156 valence electrons. The van der Waals surface area contributed by atoms with Crippen molar-refractivity contribution in [2.24, 2.45) is 4.99 Å². The fourth-order valence-corrected chi connectivity index (χ4v) is 3.39. The van der Waals surface area contributed by atoms with E-state index in [9.17, 15) is 5.11 Å². The normalized spacial score (nSPS) is 11.8. The maximum Gasteiger partial charge on any atom is 0.153 e. The molecular formula is C27H27N3O. The van der Waals surface area contributed by atoms with Crippen molar-refractivity contribution >= 4 is 11.7 Å². The first-order valence-corrected chi connectivity index (χ1v) is 10.2. The number of aryl methyl sites for hydroxylation is 1. The van der Waals surface area contributed by atoms with Crippen LogP contribution in [0.2, 0.25) is 0 Å². The number of rotatable bonds is 6. The van der Waals surface area contributed by atoms with Crippen LogP contribution in [0.3, 0.4) is 0 Å². The van der Waals surface area contributed by atoms with Crippen molar-refractivity contribution in [3.8, 4) is 16.9 Å². The first-order valence-electron chi connectivity index (χ1n) is 10.2. The van der Waals surface area contributed by atoms with E-state index in [0.29, 0.717) is 18.0 Å². The van der Waals surface area contributed by atoms with Crippen molar-refractivity contribution in [3.63, 3.8) is 0 Å². The minimum absolute atomic E-state index is 0.125. The molecule has 0 aliphatic heterocycles. The molecule has 4 nitrogen and oxygen atoms in total. The van der Waals surface area contributed by atoms with Crippen LogP contribution >= 0.6 is 0 Å². The Morgan fingerprint density at radius 1 is 1.03 bits per heavy atom. The molecule has 3 rings (SSSR count). The lowest BCUT2D eigenvalue weighted by Gasteiger charge is -2.18. The highest BCUT2D eigenvalue weighted by molar-refractivity contribution is 6.14. The summed E-state index contributed by atoms with van der Waals surface area (Å²) in [7, 11) is 0. The molecule has 0 spiro atoms. The average Bonchev–Trinajstić information content (AvgIpc) is 2.79. The molecule has 0 bridgehead atoms. The summed E-state index contributed by atoms with van der Waals surface area (Å²) < 4.78 is 0. The van der Waals surface area contributed by atoms with Crippen LogP contribution in [0.1, 0.15) is 23.6 Å². The largest absolute Gasteiger partial charge is 0.508 e. The fraction of sp³-hybridized carbons (Fsp3) is 0.111. The number of aromatic hydroxyl groups is 1. The van der Waals surface area contributed by atoms with Crippen molar-refractivity contribution in [1.29, 1.82) is 5.41 Å². The summed E-state index contributed by atoms with van der Waals surface area (Å²) >= 11 is 0. The van der Waals surface area contributed by atoms with E-state index in [1.54, 1.807) is 18.2 Å². The number of hydrogen-bond donors (Lipinski definition) is 3. The highest BCUT2D eigenvalue weighted by Gasteiger charge is 2.16. The molecule has 3 N–H and O–H groups in total. The van der Waals surface area contributed by atoms with E-state index in [1.165, 1.54) is 0 Å². The lowest BCUT2D eigenvalue weighted by molar-refractivity contribution is 0.467. The zero-order chi connectivity index (χ0) is 22.2. The third kappa shape index (κ3) is 5.17. The van der Waals surface area contributed by atoms with Crippen molar-refractivity contribution < 1.29 is 5.11 Å². The topological polar surface area (TPSA) is 68.5 Å². The van der Waals surface area contributed by atoms with Crippen molar-refractivity contribution in [2.45, 2.75) is 20.4 Å². The summed E-state index contributed by atoms with van der Waals surface area (Å²) in [6.07, 6.45) is 3.44. The van der Waals surface area contributed by atoms with Gasteiger partial charge in [0.1, 0.15) is 11.6 Å². The maximum atomic E-state index is 10.2. The summed E-state index contributed by atoms with van der Waals surface area (Å²) in [6, 6.07) is 23.4. The van der Waals surface area contributed by atoms with E-state index < -0.39 is 0 Å². The second kappa shape index (κ2) is 10.2. The van der Waals surface area contributed by atoms with Gasteiger partial charge in [-0.25, -0.2) is 4.99 Å². The predicted octanol–water partition coefficient (Wildman–Crippen LogP) is 6.01. The van der Waals surface area contributed by atoms with Gasteiger partial charge in [-0.2, -0.15) is 0 Å². The molecule has 0 amide bonds. The first kappa shape index (κ1) is 21.8. The van der Waals surface area contributed by atoms with Crippen LogP contribution in [-0.4, -0.2) is 16.8 Å². The number of amidine groups is 2. The Labute approximate surface area is 183 Å². The molecule has 0 aliphatic rings. The molecule has 0 fully saturated rings. The van der Waals surface area contributed by atoms with Crippen LogP contribution in [0.5, 0.6) is 5.75 Å². The van der Waals surface area contributed by atoms with Gasteiger partial charge in [0.05, 0.1) is 0 Å². The smallest absolute Gasteiger partial charge is 0.153 e. The minimum Gasteiger partial charge on any atom is -0.508 e. The number of nitrogens with zero attached hydrogens (tertiary/aromatic N) is 1. The fourth-order valence-electron chi connectivity index (χ4n) is 3.39. The number of phenols is 1. The third-order valence-corrected chi connectivity index (χ3v) is 5.06. The van der Waals surface area contributed by atoms with Crippen molar-refractivity contribution in [2.75, 3.05) is 0 Å². The summed E-state index contributed by atoms with van der Waals surface area (Å²) in [5, 5.41) is 22.0. The molecule has 0 saturated heterocycles. The lowest BCUT2D eigenvalue weighted by atomic mass is 9.95. The number of nitrogens with one attached hydrogen (secondary N) is 2. The Kier molecular flexibility index (Phi) is 7.17. The molecule has 3 aromatic carbocycles. The third-order valence-electron chi connectivity index (χ3n) is 5.06. The van der Waals surface area contributed by atoms with Crippen LogP contribution in [0.4, 0.5) is 0 Å². The SMILES string of the molecule is C=C/C(=C\C)C(=N)/N=C(/NCc1ccccc1O)c1c(C)cccc1-c1ccccc1. The second-order valence-corrected chi connectivity index (χ2v) is 7.10. The first-order chi connectivity index (χ1) is 15.0. The van der Waals surface area contributed by atoms with Crippen LogP contribution in [0.25, 0.3) is 11.1 Å². The Hall–Kier alpha value is -3.92. The van der Waals surface area contributed by atoms with Crippen LogP contribution in [0.15, 0.2) is 102 Å². The van der Waals surface area contributed by atoms with Gasteiger partial charge < -0.3 is 10.4 Å². The molecule has 4 heteroatoms. The Morgan fingerprint density at radius 3 is 2.42 bits per heavy atom. The number of para-hydroxylation sites is 1. The zero-order valence-electron chi connectivity index (χ0n) is 17.9. The van der Waals surface area contributed by atoms with Gasteiger partial charge in [0.15, 0.2) is 5.84 Å². The van der Waals surface area contributed by atoms with E-state index in [1.807, 2.05) is 62.4 Å². The van der Waals surface area contributed by atoms with E-state index >= 15 is 0 Å².